The normalized spacial score (nSPS) is 17.0. The van der Waals surface area contributed by atoms with Crippen molar-refractivity contribution in [3.63, 3.8) is 0 Å². The van der Waals surface area contributed by atoms with Gasteiger partial charge in [0.05, 0.1) is 4.88 Å². The Bertz CT molecular complexity index is 507. The third-order valence-electron chi connectivity index (χ3n) is 4.60. The fourth-order valence-electron chi connectivity index (χ4n) is 3.22. The number of rotatable bonds is 6. The van der Waals surface area contributed by atoms with Crippen LogP contribution in [0.4, 0.5) is 0 Å². The third kappa shape index (κ3) is 5.06. The number of hydrogen-bond acceptors (Lipinski definition) is 3. The number of likely N-dealkylation sites (N-methyl/N-ethyl adjacent to an activating group) is 1. The van der Waals surface area contributed by atoms with Crippen LogP contribution in [0.2, 0.25) is 0 Å². The number of nitrogens with zero attached hydrogens (tertiary/aromatic N) is 1. The van der Waals surface area contributed by atoms with E-state index < -0.39 is 6.04 Å². The largest absolute Gasteiger partial charge is 0.344 e. The molecule has 0 aliphatic heterocycles. The van der Waals surface area contributed by atoms with E-state index in [0.29, 0.717) is 10.8 Å². The lowest BCUT2D eigenvalue weighted by molar-refractivity contribution is -0.133. The molecule has 0 spiro atoms. The molecule has 1 aliphatic carbocycles. The van der Waals surface area contributed by atoms with Crippen LogP contribution in [-0.4, -0.2) is 36.3 Å². The first kappa shape index (κ1) is 18.0. The SMILES string of the molecule is CC(C)C(NC(=O)c1cccs1)C(=O)N(C)CC1CCCCC1. The van der Waals surface area contributed by atoms with Gasteiger partial charge in [-0.2, -0.15) is 0 Å². The lowest BCUT2D eigenvalue weighted by Crippen LogP contribution is -2.51. The molecule has 0 radical (unpaired) electrons. The number of amides is 2. The summed E-state index contributed by atoms with van der Waals surface area (Å²) in [6.07, 6.45) is 6.29. The van der Waals surface area contributed by atoms with Crippen LogP contribution in [-0.2, 0) is 4.79 Å². The Labute approximate surface area is 143 Å². The quantitative estimate of drug-likeness (QED) is 0.864. The van der Waals surface area contributed by atoms with Crippen LogP contribution in [0.3, 0.4) is 0 Å². The summed E-state index contributed by atoms with van der Waals surface area (Å²) in [7, 11) is 1.86. The third-order valence-corrected chi connectivity index (χ3v) is 5.47. The minimum absolute atomic E-state index is 0.0236. The van der Waals surface area contributed by atoms with Crippen LogP contribution in [0.5, 0.6) is 0 Å². The van der Waals surface area contributed by atoms with Gasteiger partial charge in [0.2, 0.25) is 5.91 Å². The van der Waals surface area contributed by atoms with Crippen molar-refractivity contribution >= 4 is 23.2 Å². The lowest BCUT2D eigenvalue weighted by Gasteiger charge is -2.31. The maximum atomic E-state index is 12.8. The Balaban J connectivity index is 1.95. The molecule has 0 bridgehead atoms. The second-order valence-corrected chi connectivity index (χ2v) is 7.84. The van der Waals surface area contributed by atoms with Crippen molar-refractivity contribution in [2.45, 2.75) is 52.0 Å². The number of carbonyl (C=O) groups excluding carboxylic acids is 2. The van der Waals surface area contributed by atoms with Gasteiger partial charge in [-0.15, -0.1) is 11.3 Å². The summed E-state index contributed by atoms with van der Waals surface area (Å²) in [6, 6.07) is 3.17. The highest BCUT2D eigenvalue weighted by atomic mass is 32.1. The Morgan fingerprint density at radius 2 is 2.00 bits per heavy atom. The standard InChI is InChI=1S/C18H28N2O2S/c1-13(2)16(19-17(21)15-10-7-11-23-15)18(22)20(3)12-14-8-5-4-6-9-14/h7,10-11,13-14,16H,4-6,8-9,12H2,1-3H3,(H,19,21). The van der Waals surface area contributed by atoms with Crippen LogP contribution >= 0.6 is 11.3 Å². The molecule has 1 aliphatic rings. The van der Waals surface area contributed by atoms with Gasteiger partial charge in [0.15, 0.2) is 0 Å². The number of hydrogen-bond donors (Lipinski definition) is 1. The van der Waals surface area contributed by atoms with Gasteiger partial charge in [0.1, 0.15) is 6.04 Å². The van der Waals surface area contributed by atoms with Gasteiger partial charge in [-0.25, -0.2) is 0 Å². The van der Waals surface area contributed by atoms with Gasteiger partial charge in [-0.05, 0) is 36.1 Å². The fraction of sp³-hybridized carbons (Fsp3) is 0.667. The smallest absolute Gasteiger partial charge is 0.262 e. The molecule has 1 unspecified atom stereocenters. The summed E-state index contributed by atoms with van der Waals surface area (Å²) >= 11 is 1.40. The van der Waals surface area contributed by atoms with Crippen molar-refractivity contribution in [1.82, 2.24) is 10.2 Å². The second-order valence-electron chi connectivity index (χ2n) is 6.90. The first-order valence-corrected chi connectivity index (χ1v) is 9.46. The van der Waals surface area contributed by atoms with Gasteiger partial charge >= 0.3 is 0 Å². The molecule has 2 rings (SSSR count). The van der Waals surface area contributed by atoms with Crippen molar-refractivity contribution in [2.24, 2.45) is 11.8 Å². The molecule has 5 heteroatoms. The number of nitrogens with one attached hydrogen (secondary N) is 1. The molecule has 2 amide bonds. The molecule has 0 aromatic carbocycles. The van der Waals surface area contributed by atoms with E-state index >= 15 is 0 Å². The minimum atomic E-state index is -0.460. The average Bonchev–Trinajstić information content (AvgIpc) is 3.07. The van der Waals surface area contributed by atoms with E-state index in [-0.39, 0.29) is 17.7 Å². The van der Waals surface area contributed by atoms with E-state index in [1.165, 1.54) is 43.4 Å². The predicted molar refractivity (Wildman–Crippen MR) is 94.6 cm³/mol. The highest BCUT2D eigenvalue weighted by Crippen LogP contribution is 2.24. The first-order chi connectivity index (χ1) is 11.0. The molecule has 1 fully saturated rings. The number of carbonyl (C=O) groups is 2. The summed E-state index contributed by atoms with van der Waals surface area (Å²) < 4.78 is 0. The summed E-state index contributed by atoms with van der Waals surface area (Å²) in [5.41, 5.74) is 0. The predicted octanol–water partition coefficient (Wildman–Crippen LogP) is 3.54. The molecule has 1 aromatic rings. The van der Waals surface area contributed by atoms with Crippen LogP contribution in [0.15, 0.2) is 17.5 Å². The molecule has 4 nitrogen and oxygen atoms in total. The average molecular weight is 337 g/mol. The maximum Gasteiger partial charge on any atom is 0.262 e. The van der Waals surface area contributed by atoms with Crippen molar-refractivity contribution in [1.29, 1.82) is 0 Å². The molecule has 128 valence electrons. The van der Waals surface area contributed by atoms with Gasteiger partial charge in [-0.3, -0.25) is 9.59 Å². The molecule has 1 heterocycles. The van der Waals surface area contributed by atoms with E-state index in [1.807, 2.05) is 37.2 Å². The summed E-state index contributed by atoms with van der Waals surface area (Å²) in [6.45, 7) is 4.76. The lowest BCUT2D eigenvalue weighted by atomic mass is 9.89. The molecule has 0 saturated heterocycles. The van der Waals surface area contributed by atoms with Crippen molar-refractivity contribution in [3.05, 3.63) is 22.4 Å². The van der Waals surface area contributed by atoms with E-state index in [0.717, 1.165) is 6.54 Å². The van der Waals surface area contributed by atoms with Gasteiger partial charge in [0, 0.05) is 13.6 Å². The molecule has 1 saturated carbocycles. The molecule has 23 heavy (non-hydrogen) atoms. The van der Waals surface area contributed by atoms with Gasteiger partial charge in [-0.1, -0.05) is 39.2 Å². The Kier molecular flexibility index (Phi) is 6.63. The summed E-state index contributed by atoms with van der Waals surface area (Å²) in [5, 5.41) is 4.79. The minimum Gasteiger partial charge on any atom is -0.344 e. The Hall–Kier alpha value is -1.36. The van der Waals surface area contributed by atoms with Gasteiger partial charge in [0.25, 0.3) is 5.91 Å². The second kappa shape index (κ2) is 8.48. The summed E-state index contributed by atoms with van der Waals surface area (Å²) in [4.78, 5) is 27.5. The van der Waals surface area contributed by atoms with Crippen LogP contribution in [0.25, 0.3) is 0 Å². The van der Waals surface area contributed by atoms with Crippen molar-refractivity contribution in [2.75, 3.05) is 13.6 Å². The molecule has 1 N–H and O–H groups in total. The molecule has 1 atom stereocenters. The van der Waals surface area contributed by atoms with Crippen LogP contribution in [0, 0.1) is 11.8 Å². The van der Waals surface area contributed by atoms with Crippen molar-refractivity contribution < 1.29 is 9.59 Å². The molecular weight excluding hydrogens is 308 g/mol. The monoisotopic (exact) mass is 336 g/mol. The van der Waals surface area contributed by atoms with Crippen molar-refractivity contribution in [3.8, 4) is 0 Å². The van der Waals surface area contributed by atoms with E-state index in [9.17, 15) is 9.59 Å². The topological polar surface area (TPSA) is 49.4 Å². The summed E-state index contributed by atoms with van der Waals surface area (Å²) in [5.74, 6) is 0.548. The maximum absolute atomic E-state index is 12.8. The zero-order valence-corrected chi connectivity index (χ0v) is 15.2. The number of thiophene rings is 1. The zero-order valence-electron chi connectivity index (χ0n) is 14.4. The zero-order chi connectivity index (χ0) is 16.8. The highest BCUT2D eigenvalue weighted by Gasteiger charge is 2.29. The first-order valence-electron chi connectivity index (χ1n) is 8.58. The molecule has 1 aromatic heterocycles. The van der Waals surface area contributed by atoms with Gasteiger partial charge < -0.3 is 10.2 Å². The van der Waals surface area contributed by atoms with E-state index in [2.05, 4.69) is 5.32 Å². The van der Waals surface area contributed by atoms with Crippen LogP contribution < -0.4 is 5.32 Å². The van der Waals surface area contributed by atoms with E-state index in [1.54, 1.807) is 6.07 Å². The Morgan fingerprint density at radius 3 is 2.57 bits per heavy atom. The highest BCUT2D eigenvalue weighted by molar-refractivity contribution is 7.12. The Morgan fingerprint density at radius 1 is 1.30 bits per heavy atom. The van der Waals surface area contributed by atoms with Crippen LogP contribution in [0.1, 0.15) is 55.6 Å². The van der Waals surface area contributed by atoms with E-state index in [4.69, 9.17) is 0 Å². The molecular formula is C18H28N2O2S. The fourth-order valence-corrected chi connectivity index (χ4v) is 3.84.